The minimum absolute atomic E-state index is 0.00193. The van der Waals surface area contributed by atoms with Crippen molar-refractivity contribution < 1.29 is 14.1 Å². The normalized spacial score (nSPS) is 11.7. The van der Waals surface area contributed by atoms with Crippen LogP contribution in [-0.2, 0) is 4.74 Å². The maximum Gasteiger partial charge on any atom is 0.275 e. The third-order valence-electron chi connectivity index (χ3n) is 3.30. The monoisotopic (exact) mass is 382 g/mol. The number of amides is 1. The molecule has 0 bridgehead atoms. The molecule has 0 fully saturated rings. The van der Waals surface area contributed by atoms with E-state index in [1.54, 1.807) is 38.3 Å². The summed E-state index contributed by atoms with van der Waals surface area (Å²) in [7, 11) is 1.60. The molecule has 0 spiro atoms. The lowest BCUT2D eigenvalue weighted by atomic mass is 10.1. The highest BCUT2D eigenvalue weighted by Gasteiger charge is 2.23. The molecule has 1 heterocycles. The summed E-state index contributed by atoms with van der Waals surface area (Å²) in [5.74, 6) is -0.0573. The average Bonchev–Trinajstić information content (AvgIpc) is 2.95. The number of ether oxygens (including phenoxy) is 1. The summed E-state index contributed by atoms with van der Waals surface area (Å²) in [4.78, 5) is 12.5. The van der Waals surface area contributed by atoms with Gasteiger partial charge in [-0.15, -0.1) is 0 Å². The molecule has 2 aromatic rings. The van der Waals surface area contributed by atoms with E-state index in [-0.39, 0.29) is 16.7 Å². The van der Waals surface area contributed by atoms with Crippen molar-refractivity contribution in [3.05, 3.63) is 40.6 Å². The van der Waals surface area contributed by atoms with E-state index in [1.165, 1.54) is 0 Å². The van der Waals surface area contributed by atoms with E-state index in [9.17, 15) is 4.79 Å². The zero-order chi connectivity index (χ0) is 18.4. The summed E-state index contributed by atoms with van der Waals surface area (Å²) in [5.41, 5.74) is 6.44. The molecule has 0 aliphatic rings. The van der Waals surface area contributed by atoms with E-state index < -0.39 is 5.91 Å². The smallest absolute Gasteiger partial charge is 0.275 e. The van der Waals surface area contributed by atoms with Gasteiger partial charge in [-0.2, -0.15) is 0 Å². The predicted molar refractivity (Wildman–Crippen MR) is 99.4 cm³/mol. The van der Waals surface area contributed by atoms with Gasteiger partial charge in [-0.25, -0.2) is 0 Å². The fourth-order valence-corrected chi connectivity index (χ4v) is 2.68. The van der Waals surface area contributed by atoms with E-state index in [0.717, 1.165) is 0 Å². The Labute approximate surface area is 156 Å². The molecule has 1 aromatic heterocycles. The number of carbonyl (C=O) groups excluding carboxylic acids is 1. The number of hydrogen-bond donors (Lipinski definition) is 3. The Morgan fingerprint density at radius 3 is 2.80 bits per heavy atom. The maximum absolute atomic E-state index is 12.5. The summed E-state index contributed by atoms with van der Waals surface area (Å²) in [6.07, 6.45) is 0. The van der Waals surface area contributed by atoms with Crippen molar-refractivity contribution in [1.82, 2.24) is 21.3 Å². The Kier molecular flexibility index (Phi) is 6.74. The number of hydrazine groups is 1. The number of carbonyl (C=O) groups is 1. The third kappa shape index (κ3) is 4.91. The van der Waals surface area contributed by atoms with Gasteiger partial charge in [0.15, 0.2) is 5.11 Å². The van der Waals surface area contributed by atoms with Gasteiger partial charge in [-0.05, 0) is 32.1 Å². The highest BCUT2D eigenvalue weighted by Crippen LogP contribution is 2.30. The lowest BCUT2D eigenvalue weighted by Gasteiger charge is -2.16. The summed E-state index contributed by atoms with van der Waals surface area (Å²) in [6, 6.07) is 7.09. The summed E-state index contributed by atoms with van der Waals surface area (Å²) < 4.78 is 10.2. The summed E-state index contributed by atoms with van der Waals surface area (Å²) >= 11 is 11.3. The van der Waals surface area contributed by atoms with Crippen molar-refractivity contribution >= 4 is 34.8 Å². The molecule has 0 aliphatic carbocycles. The minimum Gasteiger partial charge on any atom is -0.383 e. The van der Waals surface area contributed by atoms with Gasteiger partial charge in [-0.3, -0.25) is 15.6 Å². The highest BCUT2D eigenvalue weighted by molar-refractivity contribution is 7.80. The Hall–Kier alpha value is -2.16. The van der Waals surface area contributed by atoms with Crippen molar-refractivity contribution in [3.8, 4) is 11.3 Å². The first-order valence-electron chi connectivity index (χ1n) is 7.51. The van der Waals surface area contributed by atoms with Gasteiger partial charge in [0.1, 0.15) is 17.0 Å². The van der Waals surface area contributed by atoms with Gasteiger partial charge in [0, 0.05) is 18.7 Å². The van der Waals surface area contributed by atoms with E-state index in [4.69, 9.17) is 33.1 Å². The van der Waals surface area contributed by atoms with Crippen LogP contribution in [0.5, 0.6) is 0 Å². The number of thiocarbonyl (C=S) groups is 1. The molecule has 3 N–H and O–H groups in total. The molecule has 1 atom stereocenters. The van der Waals surface area contributed by atoms with Gasteiger partial charge >= 0.3 is 0 Å². The van der Waals surface area contributed by atoms with Gasteiger partial charge in [0.25, 0.3) is 5.91 Å². The number of rotatable bonds is 5. The van der Waals surface area contributed by atoms with Crippen LogP contribution < -0.4 is 16.2 Å². The number of methoxy groups -OCH3 is 1. The topological polar surface area (TPSA) is 88.4 Å². The van der Waals surface area contributed by atoms with Crippen LogP contribution in [0.4, 0.5) is 0 Å². The molecule has 2 rings (SSSR count). The zero-order valence-electron chi connectivity index (χ0n) is 14.1. The fourth-order valence-electron chi connectivity index (χ4n) is 2.20. The van der Waals surface area contributed by atoms with Crippen molar-refractivity contribution in [1.29, 1.82) is 0 Å². The van der Waals surface area contributed by atoms with Crippen molar-refractivity contribution in [2.75, 3.05) is 13.7 Å². The molecule has 0 saturated heterocycles. The number of nitrogens with one attached hydrogen (secondary N) is 3. The first kappa shape index (κ1) is 19.2. The van der Waals surface area contributed by atoms with Gasteiger partial charge in [0.2, 0.25) is 0 Å². The molecule has 1 aromatic carbocycles. The number of hydrogen-bond acceptors (Lipinski definition) is 5. The Bertz CT molecular complexity index is 766. The molecule has 7 nitrogen and oxygen atoms in total. The van der Waals surface area contributed by atoms with Crippen LogP contribution in [0, 0.1) is 6.92 Å². The molecule has 0 saturated carbocycles. The van der Waals surface area contributed by atoms with Crippen LogP contribution in [-0.4, -0.2) is 35.9 Å². The van der Waals surface area contributed by atoms with Crippen molar-refractivity contribution in [3.63, 3.8) is 0 Å². The third-order valence-corrected chi connectivity index (χ3v) is 3.85. The number of nitrogens with zero attached hydrogens (tertiary/aromatic N) is 1. The van der Waals surface area contributed by atoms with E-state index >= 15 is 0 Å². The van der Waals surface area contributed by atoms with E-state index in [1.807, 2.05) is 6.92 Å². The van der Waals surface area contributed by atoms with E-state index in [0.29, 0.717) is 28.6 Å². The average molecular weight is 383 g/mol. The Morgan fingerprint density at radius 2 is 2.12 bits per heavy atom. The fraction of sp³-hybridized carbons (Fsp3) is 0.312. The zero-order valence-corrected chi connectivity index (χ0v) is 15.6. The number of aryl methyl sites for hydroxylation is 1. The molecule has 0 unspecified atom stereocenters. The van der Waals surface area contributed by atoms with Crippen LogP contribution >= 0.6 is 23.8 Å². The summed E-state index contributed by atoms with van der Waals surface area (Å²) in [6.45, 7) is 4.04. The van der Waals surface area contributed by atoms with Crippen molar-refractivity contribution in [2.45, 2.75) is 19.9 Å². The lowest BCUT2D eigenvalue weighted by molar-refractivity contribution is 0.0942. The summed E-state index contributed by atoms with van der Waals surface area (Å²) in [5, 5.41) is 7.67. The first-order chi connectivity index (χ1) is 11.9. The van der Waals surface area contributed by atoms with Crippen LogP contribution in [0.2, 0.25) is 5.02 Å². The number of benzene rings is 1. The number of aromatic nitrogens is 1. The van der Waals surface area contributed by atoms with E-state index in [2.05, 4.69) is 21.3 Å². The van der Waals surface area contributed by atoms with Crippen molar-refractivity contribution in [2.24, 2.45) is 0 Å². The van der Waals surface area contributed by atoms with Crippen LogP contribution in [0.3, 0.4) is 0 Å². The lowest BCUT2D eigenvalue weighted by Crippen LogP contribution is -2.50. The minimum atomic E-state index is -0.433. The van der Waals surface area contributed by atoms with Gasteiger partial charge in [0.05, 0.1) is 11.6 Å². The molecule has 9 heteroatoms. The molecule has 25 heavy (non-hydrogen) atoms. The molecule has 134 valence electrons. The Balaban J connectivity index is 2.09. The van der Waals surface area contributed by atoms with Crippen LogP contribution in [0.25, 0.3) is 11.3 Å². The molecule has 0 radical (unpaired) electrons. The highest BCUT2D eigenvalue weighted by atomic mass is 35.5. The molecule has 1 amide bonds. The second kappa shape index (κ2) is 8.80. The van der Waals surface area contributed by atoms with Gasteiger partial charge in [-0.1, -0.05) is 35.0 Å². The first-order valence-corrected chi connectivity index (χ1v) is 8.29. The molecular formula is C16H19ClN4O3S. The maximum atomic E-state index is 12.5. The quantitative estimate of drug-likeness (QED) is 0.540. The standard InChI is InChI=1S/C16H19ClN4O3S/c1-9(8-23-3)18-16(25)20-19-15(22)13-10(2)24-21-14(13)11-6-4-5-7-12(11)17/h4-7,9H,8H2,1-3H3,(H,19,22)(H2,18,20,25)/t9-/m0/s1. The molecule has 0 aliphatic heterocycles. The second-order valence-corrected chi connectivity index (χ2v) is 6.17. The Morgan fingerprint density at radius 1 is 1.40 bits per heavy atom. The molecular weight excluding hydrogens is 364 g/mol. The van der Waals surface area contributed by atoms with Gasteiger partial charge < -0.3 is 14.6 Å². The largest absolute Gasteiger partial charge is 0.383 e. The second-order valence-electron chi connectivity index (χ2n) is 5.35. The van der Waals surface area contributed by atoms with Crippen LogP contribution in [0.15, 0.2) is 28.8 Å². The SMILES string of the molecule is COC[C@H](C)NC(=S)NNC(=O)c1c(-c2ccccc2Cl)noc1C. The van der Waals surface area contributed by atoms with Crippen LogP contribution in [0.1, 0.15) is 23.0 Å². The number of halogens is 1. The predicted octanol–water partition coefficient (Wildman–Crippen LogP) is 2.45.